The van der Waals surface area contributed by atoms with Crippen LogP contribution in [0.3, 0.4) is 0 Å². The molecule has 2 rings (SSSR count). The second-order valence-corrected chi connectivity index (χ2v) is 6.32. The Morgan fingerprint density at radius 3 is 2.76 bits per heavy atom. The molecule has 1 fully saturated rings. The summed E-state index contributed by atoms with van der Waals surface area (Å²) < 4.78 is 0. The Bertz CT molecular complexity index is 334. The zero-order chi connectivity index (χ0) is 12.4. The van der Waals surface area contributed by atoms with Crippen LogP contribution in [0.25, 0.3) is 0 Å². The van der Waals surface area contributed by atoms with Gasteiger partial charge >= 0.3 is 0 Å². The van der Waals surface area contributed by atoms with Gasteiger partial charge in [0.2, 0.25) is 0 Å². The van der Waals surface area contributed by atoms with Crippen molar-refractivity contribution in [2.24, 2.45) is 5.92 Å². The van der Waals surface area contributed by atoms with Crippen LogP contribution in [0.4, 0.5) is 0 Å². The molecular formula is C14H23N2S. The highest BCUT2D eigenvalue weighted by molar-refractivity contribution is 7.10. The Labute approximate surface area is 109 Å². The average Bonchev–Trinajstić information content (AvgIpc) is 2.81. The van der Waals surface area contributed by atoms with Gasteiger partial charge in [0.1, 0.15) is 0 Å². The van der Waals surface area contributed by atoms with Crippen LogP contribution < -0.4 is 0 Å². The molecule has 1 aliphatic heterocycles. The van der Waals surface area contributed by atoms with Crippen LogP contribution in [0.1, 0.15) is 24.8 Å². The molecule has 3 heteroatoms. The summed E-state index contributed by atoms with van der Waals surface area (Å²) in [6.07, 6.45) is 0. The van der Waals surface area contributed by atoms with E-state index in [0.717, 1.165) is 19.6 Å². The lowest BCUT2D eigenvalue weighted by molar-refractivity contribution is 0.0424. The van der Waals surface area contributed by atoms with Gasteiger partial charge in [-0.2, -0.15) is 0 Å². The van der Waals surface area contributed by atoms with Gasteiger partial charge in [-0.1, -0.05) is 19.9 Å². The highest BCUT2D eigenvalue weighted by atomic mass is 32.1. The van der Waals surface area contributed by atoms with Gasteiger partial charge < -0.3 is 4.90 Å². The van der Waals surface area contributed by atoms with Gasteiger partial charge in [-0.15, -0.1) is 11.3 Å². The number of nitrogens with zero attached hydrogens (tertiary/aromatic N) is 2. The van der Waals surface area contributed by atoms with Crippen molar-refractivity contribution in [3.05, 3.63) is 29.3 Å². The summed E-state index contributed by atoms with van der Waals surface area (Å²) in [6.45, 7) is 12.5. The summed E-state index contributed by atoms with van der Waals surface area (Å²) in [5.74, 6) is 0.682. The van der Waals surface area contributed by atoms with Crippen molar-refractivity contribution in [1.82, 2.24) is 9.80 Å². The van der Waals surface area contributed by atoms with Crippen molar-refractivity contribution in [2.75, 3.05) is 26.7 Å². The third-order valence-corrected chi connectivity index (χ3v) is 4.68. The molecule has 1 radical (unpaired) electrons. The molecule has 0 amide bonds. The summed E-state index contributed by atoms with van der Waals surface area (Å²) in [4.78, 5) is 6.40. The molecule has 2 heterocycles. The van der Waals surface area contributed by atoms with Gasteiger partial charge in [0.15, 0.2) is 0 Å². The number of piperazine rings is 1. The van der Waals surface area contributed by atoms with Crippen molar-refractivity contribution in [3.63, 3.8) is 0 Å². The maximum absolute atomic E-state index is 4.38. The first-order chi connectivity index (χ1) is 8.09. The molecule has 2 atom stereocenters. The van der Waals surface area contributed by atoms with Gasteiger partial charge in [-0.3, -0.25) is 4.90 Å². The molecule has 0 bridgehead atoms. The molecule has 0 saturated carbocycles. The van der Waals surface area contributed by atoms with E-state index >= 15 is 0 Å². The van der Waals surface area contributed by atoms with E-state index in [2.05, 4.69) is 55.1 Å². The summed E-state index contributed by atoms with van der Waals surface area (Å²) >= 11 is 1.82. The predicted molar refractivity (Wildman–Crippen MR) is 75.2 cm³/mol. The molecular weight excluding hydrogens is 228 g/mol. The third-order valence-electron chi connectivity index (χ3n) is 3.71. The summed E-state index contributed by atoms with van der Waals surface area (Å²) in [5, 5.41) is 2.15. The van der Waals surface area contributed by atoms with Crippen molar-refractivity contribution in [1.29, 1.82) is 0 Å². The summed E-state index contributed by atoms with van der Waals surface area (Å²) in [5.41, 5.74) is 0. The number of hydrogen-bond acceptors (Lipinski definition) is 3. The van der Waals surface area contributed by atoms with Crippen LogP contribution in [-0.4, -0.2) is 42.5 Å². The first kappa shape index (κ1) is 13.1. The second-order valence-electron chi connectivity index (χ2n) is 5.34. The maximum atomic E-state index is 4.38. The fourth-order valence-electron chi connectivity index (χ4n) is 2.59. The molecule has 1 saturated heterocycles. The van der Waals surface area contributed by atoms with Gasteiger partial charge in [0.05, 0.1) is 0 Å². The zero-order valence-corrected chi connectivity index (χ0v) is 11.9. The smallest absolute Gasteiger partial charge is 0.0446 e. The molecule has 17 heavy (non-hydrogen) atoms. The Morgan fingerprint density at radius 2 is 2.18 bits per heavy atom. The maximum Gasteiger partial charge on any atom is 0.0446 e. The highest BCUT2D eigenvalue weighted by Gasteiger charge is 2.31. The molecule has 0 aliphatic carbocycles. The Balaban J connectivity index is 2.12. The second kappa shape index (κ2) is 5.51. The van der Waals surface area contributed by atoms with E-state index in [1.807, 2.05) is 11.3 Å². The van der Waals surface area contributed by atoms with Crippen LogP contribution in [0.15, 0.2) is 17.5 Å². The molecule has 2 nitrogen and oxygen atoms in total. The Morgan fingerprint density at radius 1 is 1.41 bits per heavy atom. The van der Waals surface area contributed by atoms with E-state index in [9.17, 15) is 0 Å². The average molecular weight is 251 g/mol. The lowest BCUT2D eigenvalue weighted by Crippen LogP contribution is -2.54. The van der Waals surface area contributed by atoms with Crippen LogP contribution in [0.2, 0.25) is 0 Å². The van der Waals surface area contributed by atoms with Crippen molar-refractivity contribution < 1.29 is 0 Å². The van der Waals surface area contributed by atoms with E-state index in [1.54, 1.807) is 0 Å². The first-order valence-electron chi connectivity index (χ1n) is 6.40. The number of rotatable bonds is 3. The SMILES string of the molecule is [CH2]C(c1cccs1)N1CCN(C)CC1C(C)C. The largest absolute Gasteiger partial charge is 0.304 e. The lowest BCUT2D eigenvalue weighted by Gasteiger charge is -2.45. The van der Waals surface area contributed by atoms with Crippen molar-refractivity contribution in [3.8, 4) is 0 Å². The van der Waals surface area contributed by atoms with E-state index in [1.165, 1.54) is 4.88 Å². The van der Waals surface area contributed by atoms with Crippen LogP contribution >= 0.6 is 11.3 Å². The fraction of sp³-hybridized carbons (Fsp3) is 0.643. The highest BCUT2D eigenvalue weighted by Crippen LogP contribution is 2.29. The molecule has 2 unspecified atom stereocenters. The normalized spacial score (nSPS) is 25.4. The monoisotopic (exact) mass is 251 g/mol. The quantitative estimate of drug-likeness (QED) is 0.815. The van der Waals surface area contributed by atoms with Crippen molar-refractivity contribution >= 4 is 11.3 Å². The number of thiophene rings is 1. The van der Waals surface area contributed by atoms with E-state index < -0.39 is 0 Å². The zero-order valence-electron chi connectivity index (χ0n) is 11.1. The van der Waals surface area contributed by atoms with Gasteiger partial charge in [0, 0.05) is 36.6 Å². The van der Waals surface area contributed by atoms with Crippen LogP contribution in [-0.2, 0) is 0 Å². The number of likely N-dealkylation sites (N-methyl/N-ethyl adjacent to an activating group) is 1. The van der Waals surface area contributed by atoms with Gasteiger partial charge in [0.25, 0.3) is 0 Å². The van der Waals surface area contributed by atoms with E-state index in [0.29, 0.717) is 18.0 Å². The standard InChI is InChI=1S/C14H23N2S/c1-11(2)13-10-15(4)7-8-16(13)12(3)14-6-5-9-17-14/h5-6,9,11-13H,3,7-8,10H2,1-2,4H3. The Hall–Kier alpha value is -0.380. The number of hydrogen-bond donors (Lipinski definition) is 0. The van der Waals surface area contributed by atoms with Crippen LogP contribution in [0, 0.1) is 12.8 Å². The molecule has 1 aliphatic rings. The lowest BCUT2D eigenvalue weighted by atomic mass is 9.97. The molecule has 0 aromatic carbocycles. The Kier molecular flexibility index (Phi) is 4.23. The van der Waals surface area contributed by atoms with Gasteiger partial charge in [-0.05, 0) is 31.3 Å². The summed E-state index contributed by atoms with van der Waals surface area (Å²) in [6, 6.07) is 5.27. The third kappa shape index (κ3) is 2.90. The molecule has 95 valence electrons. The minimum Gasteiger partial charge on any atom is -0.304 e. The van der Waals surface area contributed by atoms with Crippen LogP contribution in [0.5, 0.6) is 0 Å². The van der Waals surface area contributed by atoms with Crippen molar-refractivity contribution in [2.45, 2.75) is 25.9 Å². The minimum absolute atomic E-state index is 0.316. The van der Waals surface area contributed by atoms with E-state index in [-0.39, 0.29) is 0 Å². The molecule has 0 spiro atoms. The predicted octanol–water partition coefficient (Wildman–Crippen LogP) is 2.90. The molecule has 1 aromatic rings. The molecule has 1 aromatic heterocycles. The minimum atomic E-state index is 0.316. The van der Waals surface area contributed by atoms with Gasteiger partial charge in [-0.25, -0.2) is 0 Å². The first-order valence-corrected chi connectivity index (χ1v) is 7.28. The molecule has 0 N–H and O–H groups in total. The topological polar surface area (TPSA) is 6.48 Å². The summed E-state index contributed by atoms with van der Waals surface area (Å²) in [7, 11) is 2.22. The van der Waals surface area contributed by atoms with E-state index in [4.69, 9.17) is 0 Å². The fourth-order valence-corrected chi connectivity index (χ4v) is 3.36.